The number of benzene rings is 1. The third kappa shape index (κ3) is 3.85. The highest BCUT2D eigenvalue weighted by Crippen LogP contribution is 2.51. The number of halogens is 4. The number of rotatable bonds is 5. The lowest BCUT2D eigenvalue weighted by Crippen LogP contribution is -2.54. The fourth-order valence-electron chi connectivity index (χ4n) is 4.76. The molecule has 2 aromatic rings. The molecule has 168 valence electrons. The summed E-state index contributed by atoms with van der Waals surface area (Å²) in [4.78, 5) is 6.10. The van der Waals surface area contributed by atoms with Crippen LogP contribution in [0.3, 0.4) is 0 Å². The summed E-state index contributed by atoms with van der Waals surface area (Å²) in [5, 5.41) is -0.466. The Hall–Kier alpha value is -2.04. The Morgan fingerprint density at radius 3 is 2.61 bits per heavy atom. The van der Waals surface area contributed by atoms with Gasteiger partial charge in [-0.05, 0) is 45.5 Å². The Morgan fingerprint density at radius 1 is 1.26 bits per heavy atom. The minimum absolute atomic E-state index is 0.0368. The van der Waals surface area contributed by atoms with Gasteiger partial charge in [0.05, 0.1) is 5.69 Å². The molecule has 1 N–H and O–H groups in total. The van der Waals surface area contributed by atoms with E-state index in [0.717, 1.165) is 37.5 Å². The van der Waals surface area contributed by atoms with Crippen LogP contribution in [0.5, 0.6) is 0 Å². The smallest absolute Gasteiger partial charge is 0.268 e. The monoisotopic (exact) mass is 474 g/mol. The second-order valence-corrected chi connectivity index (χ2v) is 10.3. The van der Waals surface area contributed by atoms with Gasteiger partial charge >= 0.3 is 0 Å². The molecule has 11 heteroatoms. The van der Waals surface area contributed by atoms with Crippen molar-refractivity contribution in [3.63, 3.8) is 0 Å². The van der Waals surface area contributed by atoms with E-state index in [4.69, 9.17) is 11.6 Å². The quantitative estimate of drug-likeness (QED) is 0.526. The first-order valence-corrected chi connectivity index (χ1v) is 11.6. The lowest BCUT2D eigenvalue weighted by atomic mass is 9.63. The molecule has 2 heterocycles. The van der Waals surface area contributed by atoms with Crippen LogP contribution in [0.2, 0.25) is 5.02 Å². The molecule has 0 bridgehead atoms. The molecule has 1 saturated heterocycles. The Morgan fingerprint density at radius 2 is 2.00 bits per heavy atom. The van der Waals surface area contributed by atoms with Gasteiger partial charge in [0.25, 0.3) is 10.0 Å². The van der Waals surface area contributed by atoms with Gasteiger partial charge in [0.2, 0.25) is 5.95 Å². The fourth-order valence-corrected chi connectivity index (χ4v) is 6.23. The molecule has 1 aliphatic heterocycles. The van der Waals surface area contributed by atoms with Gasteiger partial charge in [-0.2, -0.15) is 4.39 Å². The van der Waals surface area contributed by atoms with Crippen molar-refractivity contribution in [2.24, 2.45) is 5.41 Å². The van der Waals surface area contributed by atoms with Gasteiger partial charge in [-0.1, -0.05) is 17.7 Å². The molecule has 6 nitrogen and oxygen atoms in total. The molecule has 31 heavy (non-hydrogen) atoms. The molecule has 2 atom stereocenters. The van der Waals surface area contributed by atoms with Crippen LogP contribution in [0.25, 0.3) is 0 Å². The average molecular weight is 475 g/mol. The first kappa shape index (κ1) is 22.2. The number of nitrogens with zero attached hydrogens (tertiary/aromatic N) is 3. The first-order valence-electron chi connectivity index (χ1n) is 9.78. The zero-order valence-corrected chi connectivity index (χ0v) is 18.6. The largest absolute Gasteiger partial charge is 0.370 e. The van der Waals surface area contributed by atoms with Crippen LogP contribution >= 0.6 is 11.6 Å². The molecule has 1 aromatic heterocycles. The SMILES string of the molecule is CN(C)[C@H]1CC[C@]12CCN(c1cc(F)c(S(=O)(=O)Nc3cccc(F)n3)c(F)c1Cl)C2. The number of hydrogen-bond donors (Lipinski definition) is 1. The normalized spacial score (nSPS) is 23.5. The van der Waals surface area contributed by atoms with E-state index in [2.05, 4.69) is 9.88 Å². The molecule has 2 fully saturated rings. The highest BCUT2D eigenvalue weighted by atomic mass is 35.5. The van der Waals surface area contributed by atoms with Crippen molar-refractivity contribution in [2.75, 3.05) is 36.8 Å². The number of aromatic nitrogens is 1. The number of nitrogens with one attached hydrogen (secondary N) is 1. The second-order valence-electron chi connectivity index (χ2n) is 8.34. The number of sulfonamides is 1. The van der Waals surface area contributed by atoms with Crippen LogP contribution in [0, 0.1) is 23.0 Å². The Balaban J connectivity index is 1.64. The Kier molecular flexibility index (Phi) is 5.60. The van der Waals surface area contributed by atoms with E-state index in [9.17, 15) is 17.2 Å². The maximum absolute atomic E-state index is 15.0. The van der Waals surface area contributed by atoms with Crippen molar-refractivity contribution in [1.82, 2.24) is 9.88 Å². The van der Waals surface area contributed by atoms with Gasteiger partial charge in [0.15, 0.2) is 10.7 Å². The maximum Gasteiger partial charge on any atom is 0.268 e. The van der Waals surface area contributed by atoms with Crippen molar-refractivity contribution in [3.05, 3.63) is 46.9 Å². The maximum atomic E-state index is 15.0. The molecule has 1 spiro atoms. The number of hydrogen-bond acceptors (Lipinski definition) is 5. The molecular weight excluding hydrogens is 453 g/mol. The van der Waals surface area contributed by atoms with Gasteiger partial charge in [0.1, 0.15) is 16.7 Å². The van der Waals surface area contributed by atoms with Gasteiger partial charge in [-0.25, -0.2) is 22.2 Å². The molecule has 1 aliphatic carbocycles. The summed E-state index contributed by atoms with van der Waals surface area (Å²) in [6.45, 7) is 1.16. The van der Waals surface area contributed by atoms with Crippen LogP contribution < -0.4 is 9.62 Å². The number of anilines is 2. The minimum atomic E-state index is -4.73. The summed E-state index contributed by atoms with van der Waals surface area (Å²) in [7, 11) is -0.700. The predicted molar refractivity (Wildman–Crippen MR) is 112 cm³/mol. The second kappa shape index (κ2) is 7.83. The standard InChI is InChI=1S/C20H22ClF3N4O2S/c1-27(2)14-6-7-20(14)8-9-28(11-20)13-10-12(22)19(18(24)17(13)21)31(29,30)26-16-5-3-4-15(23)25-16/h3-5,10,14H,6-9,11H2,1-2H3,(H,25,26)/t14-,20+/m0/s1. The van der Waals surface area contributed by atoms with Crippen molar-refractivity contribution in [1.29, 1.82) is 0 Å². The molecule has 1 aromatic carbocycles. The van der Waals surface area contributed by atoms with Crippen LogP contribution in [0.4, 0.5) is 24.7 Å². The summed E-state index contributed by atoms with van der Waals surface area (Å²) in [5.41, 5.74) is 0.163. The van der Waals surface area contributed by atoms with Gasteiger partial charge < -0.3 is 9.80 Å². The molecule has 1 saturated carbocycles. The summed E-state index contributed by atoms with van der Waals surface area (Å²) in [5.74, 6) is -4.01. The predicted octanol–water partition coefficient (Wildman–Crippen LogP) is 3.87. The molecule has 0 unspecified atom stereocenters. The third-order valence-corrected chi connectivity index (χ3v) is 8.04. The van der Waals surface area contributed by atoms with Crippen LogP contribution in [-0.4, -0.2) is 51.5 Å². The summed E-state index contributed by atoms with van der Waals surface area (Å²) < 4.78 is 70.2. The van der Waals surface area contributed by atoms with E-state index < -0.39 is 43.3 Å². The Labute approximate surface area is 184 Å². The van der Waals surface area contributed by atoms with Crippen LogP contribution in [0.1, 0.15) is 19.3 Å². The van der Waals surface area contributed by atoms with Gasteiger partial charge in [-0.3, -0.25) is 4.72 Å². The molecule has 4 rings (SSSR count). The fraction of sp³-hybridized carbons (Fsp3) is 0.450. The number of pyridine rings is 1. The van der Waals surface area contributed by atoms with Crippen molar-refractivity contribution >= 4 is 33.1 Å². The molecular formula is C20H22ClF3N4O2S. The van der Waals surface area contributed by atoms with E-state index in [1.807, 2.05) is 23.7 Å². The summed E-state index contributed by atoms with van der Waals surface area (Å²) >= 11 is 6.18. The highest BCUT2D eigenvalue weighted by Gasteiger charge is 2.52. The van der Waals surface area contributed by atoms with E-state index in [1.54, 1.807) is 0 Å². The van der Waals surface area contributed by atoms with Gasteiger partial charge in [0, 0.05) is 30.6 Å². The topological polar surface area (TPSA) is 65.5 Å². The zero-order chi connectivity index (χ0) is 22.6. The van der Waals surface area contributed by atoms with Gasteiger partial charge in [-0.15, -0.1) is 0 Å². The first-order chi connectivity index (χ1) is 14.5. The minimum Gasteiger partial charge on any atom is -0.370 e. The van der Waals surface area contributed by atoms with E-state index in [0.29, 0.717) is 19.1 Å². The van der Waals surface area contributed by atoms with Crippen LogP contribution in [-0.2, 0) is 10.0 Å². The third-order valence-electron chi connectivity index (χ3n) is 6.29. The van der Waals surface area contributed by atoms with E-state index in [-0.39, 0.29) is 11.1 Å². The van der Waals surface area contributed by atoms with Crippen molar-refractivity contribution in [3.8, 4) is 0 Å². The van der Waals surface area contributed by atoms with E-state index in [1.165, 1.54) is 6.07 Å². The highest BCUT2D eigenvalue weighted by molar-refractivity contribution is 7.92. The molecule has 0 radical (unpaired) electrons. The lowest BCUT2D eigenvalue weighted by molar-refractivity contribution is 0.0177. The lowest BCUT2D eigenvalue weighted by Gasteiger charge is -2.50. The van der Waals surface area contributed by atoms with Crippen molar-refractivity contribution < 1.29 is 21.6 Å². The van der Waals surface area contributed by atoms with E-state index >= 15 is 4.39 Å². The molecule has 0 amide bonds. The van der Waals surface area contributed by atoms with Crippen LogP contribution in [0.15, 0.2) is 29.2 Å². The summed E-state index contributed by atoms with van der Waals surface area (Å²) in [6.07, 6.45) is 2.95. The Bertz CT molecular complexity index is 1130. The summed E-state index contributed by atoms with van der Waals surface area (Å²) in [6, 6.07) is 4.72. The molecule has 2 aliphatic rings. The zero-order valence-electron chi connectivity index (χ0n) is 17.0. The average Bonchev–Trinajstić information content (AvgIpc) is 3.10. The van der Waals surface area contributed by atoms with Crippen molar-refractivity contribution in [2.45, 2.75) is 30.2 Å².